The first kappa shape index (κ1) is 33.3. The first-order chi connectivity index (χ1) is 29.3. The zero-order chi connectivity index (χ0) is 38.9. The van der Waals surface area contributed by atoms with Crippen molar-refractivity contribution in [3.63, 3.8) is 0 Å². The summed E-state index contributed by atoms with van der Waals surface area (Å²) >= 11 is 0. The predicted octanol–water partition coefficient (Wildman–Crippen LogP) is 16.3. The Kier molecular flexibility index (Phi) is 7.54. The number of rotatable bonds is 6. The van der Waals surface area contributed by atoms with E-state index in [1.54, 1.807) is 0 Å². The molecule has 0 aliphatic carbocycles. The van der Waals surface area contributed by atoms with E-state index in [-0.39, 0.29) is 0 Å². The molecule has 0 bridgehead atoms. The van der Waals surface area contributed by atoms with Gasteiger partial charge in [0.1, 0.15) is 11.2 Å². The second-order valence-corrected chi connectivity index (χ2v) is 15.2. The van der Waals surface area contributed by atoms with Gasteiger partial charge in [-0.2, -0.15) is 0 Å². The maximum Gasteiger partial charge on any atom is 0.159 e. The summed E-state index contributed by atoms with van der Waals surface area (Å²) < 4.78 is 14.3. The molecule has 0 unspecified atom stereocenters. The average Bonchev–Trinajstić information content (AvgIpc) is 3.89. The van der Waals surface area contributed by atoms with Crippen LogP contribution in [0.2, 0.25) is 0 Å². The van der Waals surface area contributed by atoms with Gasteiger partial charge in [0.2, 0.25) is 0 Å². The molecule has 276 valence electrons. The Morgan fingerprint density at radius 2 is 0.831 bits per heavy atom. The molecule has 10 aromatic carbocycles. The van der Waals surface area contributed by atoms with Gasteiger partial charge in [0.25, 0.3) is 0 Å². The lowest BCUT2D eigenvalue weighted by Gasteiger charge is -2.27. The lowest BCUT2D eigenvalue weighted by atomic mass is 9.95. The van der Waals surface area contributed by atoms with Crippen molar-refractivity contribution in [1.82, 2.24) is 0 Å². The van der Waals surface area contributed by atoms with Gasteiger partial charge in [0.15, 0.2) is 11.2 Å². The molecule has 0 saturated heterocycles. The summed E-state index contributed by atoms with van der Waals surface area (Å²) in [6.45, 7) is 0. The van der Waals surface area contributed by atoms with Gasteiger partial charge in [0.05, 0.1) is 17.1 Å². The van der Waals surface area contributed by atoms with Gasteiger partial charge in [0, 0.05) is 32.5 Å². The quantitative estimate of drug-likeness (QED) is 0.158. The summed E-state index contributed by atoms with van der Waals surface area (Å²) in [5.41, 5.74) is 13.0. The van der Waals surface area contributed by atoms with Gasteiger partial charge in [-0.3, -0.25) is 0 Å². The van der Waals surface area contributed by atoms with E-state index >= 15 is 0 Å². The minimum Gasteiger partial charge on any atom is -0.454 e. The fourth-order valence-corrected chi connectivity index (χ4v) is 9.07. The molecule has 0 saturated carbocycles. The SMILES string of the molecule is c1ccc(-c2ccc3c(c2)oc2c(N(c4cc5ccccc5c5ccccc45)c4cccc5c4oc4c(-c6ccccc6)cc(-c6ccccc6)cc45)cccc23)cc1. The summed E-state index contributed by atoms with van der Waals surface area (Å²) in [7, 11) is 0. The van der Waals surface area contributed by atoms with E-state index < -0.39 is 0 Å². The van der Waals surface area contributed by atoms with Crippen molar-refractivity contribution in [2.45, 2.75) is 0 Å². The van der Waals surface area contributed by atoms with Crippen LogP contribution in [0.25, 0.3) is 98.8 Å². The molecule has 3 nitrogen and oxygen atoms in total. The number of nitrogens with zero attached hydrogens (tertiary/aromatic N) is 1. The first-order valence-corrected chi connectivity index (χ1v) is 20.1. The third kappa shape index (κ3) is 5.36. The number of anilines is 3. The molecule has 2 aromatic heterocycles. The van der Waals surface area contributed by atoms with Crippen LogP contribution in [0.5, 0.6) is 0 Å². The number of hydrogen-bond donors (Lipinski definition) is 0. The van der Waals surface area contributed by atoms with Crippen molar-refractivity contribution in [1.29, 1.82) is 0 Å². The zero-order valence-corrected chi connectivity index (χ0v) is 32.0. The molecule has 59 heavy (non-hydrogen) atoms. The minimum atomic E-state index is 0.807. The van der Waals surface area contributed by atoms with Crippen molar-refractivity contribution in [2.24, 2.45) is 0 Å². The molecule has 12 rings (SSSR count). The van der Waals surface area contributed by atoms with Gasteiger partial charge >= 0.3 is 0 Å². The molecular weight excluding hydrogens is 719 g/mol. The number of hydrogen-bond acceptors (Lipinski definition) is 3. The molecule has 3 heteroatoms. The second-order valence-electron chi connectivity index (χ2n) is 15.2. The van der Waals surface area contributed by atoms with Gasteiger partial charge in [-0.05, 0) is 86.4 Å². The van der Waals surface area contributed by atoms with E-state index in [4.69, 9.17) is 8.83 Å². The standard InChI is InChI=1S/C56H35NO2/c1-4-16-36(17-5-1)39-30-31-45-46-26-14-28-50(55(46)58-53(45)35-39)57(52-34-40-22-10-11-23-42(40)43-24-12-13-25-44(43)52)51-29-15-27-47-49-33-41(37-18-6-2-7-19-37)32-48(54(49)59-56(47)51)38-20-8-3-9-21-38/h1-35H. The van der Waals surface area contributed by atoms with E-state index in [9.17, 15) is 0 Å². The lowest BCUT2D eigenvalue weighted by molar-refractivity contribution is 0.667. The molecule has 0 spiro atoms. The Bertz CT molecular complexity index is 3550. The van der Waals surface area contributed by atoms with Crippen LogP contribution in [-0.2, 0) is 0 Å². The number of para-hydroxylation sites is 2. The van der Waals surface area contributed by atoms with Crippen LogP contribution >= 0.6 is 0 Å². The molecule has 0 radical (unpaired) electrons. The number of furan rings is 2. The normalized spacial score (nSPS) is 11.7. The molecule has 2 heterocycles. The van der Waals surface area contributed by atoms with E-state index in [2.05, 4.69) is 211 Å². The Morgan fingerprint density at radius 3 is 1.54 bits per heavy atom. The van der Waals surface area contributed by atoms with Crippen LogP contribution in [0.15, 0.2) is 221 Å². The fraction of sp³-hybridized carbons (Fsp3) is 0. The summed E-state index contributed by atoms with van der Waals surface area (Å²) in [4.78, 5) is 2.36. The smallest absolute Gasteiger partial charge is 0.159 e. The summed E-state index contributed by atoms with van der Waals surface area (Å²) in [6, 6.07) is 75.5. The lowest BCUT2D eigenvalue weighted by Crippen LogP contribution is -2.11. The van der Waals surface area contributed by atoms with Crippen LogP contribution in [0, 0.1) is 0 Å². The largest absolute Gasteiger partial charge is 0.454 e. The van der Waals surface area contributed by atoms with Crippen LogP contribution in [-0.4, -0.2) is 0 Å². The third-order valence-corrected chi connectivity index (χ3v) is 11.8. The van der Waals surface area contributed by atoms with E-state index in [0.717, 1.165) is 105 Å². The van der Waals surface area contributed by atoms with Crippen LogP contribution < -0.4 is 4.90 Å². The van der Waals surface area contributed by atoms with Crippen molar-refractivity contribution in [3.05, 3.63) is 212 Å². The highest BCUT2D eigenvalue weighted by atomic mass is 16.3. The van der Waals surface area contributed by atoms with Crippen LogP contribution in [0.1, 0.15) is 0 Å². The molecular formula is C56H35NO2. The van der Waals surface area contributed by atoms with Gasteiger partial charge in [-0.1, -0.05) is 170 Å². The van der Waals surface area contributed by atoms with Crippen molar-refractivity contribution in [3.8, 4) is 33.4 Å². The predicted molar refractivity (Wildman–Crippen MR) is 247 cm³/mol. The monoisotopic (exact) mass is 753 g/mol. The Hall–Kier alpha value is -7.88. The molecule has 0 fully saturated rings. The Balaban J connectivity index is 1.18. The maximum atomic E-state index is 7.25. The number of fused-ring (bicyclic) bond motifs is 9. The van der Waals surface area contributed by atoms with E-state index in [0.29, 0.717) is 0 Å². The van der Waals surface area contributed by atoms with Crippen LogP contribution in [0.3, 0.4) is 0 Å². The average molecular weight is 754 g/mol. The van der Waals surface area contributed by atoms with Crippen LogP contribution in [0.4, 0.5) is 17.1 Å². The fourth-order valence-electron chi connectivity index (χ4n) is 9.07. The summed E-state index contributed by atoms with van der Waals surface area (Å²) in [5.74, 6) is 0. The van der Waals surface area contributed by atoms with Gasteiger partial charge in [-0.15, -0.1) is 0 Å². The summed E-state index contributed by atoms with van der Waals surface area (Å²) in [5, 5.41) is 8.94. The highest BCUT2D eigenvalue weighted by Gasteiger charge is 2.26. The second kappa shape index (κ2) is 13.4. The number of benzene rings is 10. The van der Waals surface area contributed by atoms with Gasteiger partial charge < -0.3 is 13.7 Å². The highest BCUT2D eigenvalue weighted by molar-refractivity contribution is 6.20. The molecule has 0 N–H and O–H groups in total. The van der Waals surface area contributed by atoms with Gasteiger partial charge in [-0.25, -0.2) is 0 Å². The molecule has 0 aliphatic heterocycles. The van der Waals surface area contributed by atoms with Crippen molar-refractivity contribution < 1.29 is 8.83 Å². The highest BCUT2D eigenvalue weighted by Crippen LogP contribution is 2.50. The third-order valence-electron chi connectivity index (χ3n) is 11.8. The van der Waals surface area contributed by atoms with E-state index in [1.165, 1.54) is 10.8 Å². The zero-order valence-electron chi connectivity index (χ0n) is 32.0. The van der Waals surface area contributed by atoms with E-state index in [1.807, 2.05) is 6.07 Å². The Labute approximate surface area is 340 Å². The van der Waals surface area contributed by atoms with Crippen molar-refractivity contribution in [2.75, 3.05) is 4.90 Å². The maximum absolute atomic E-state index is 7.25. The first-order valence-electron chi connectivity index (χ1n) is 20.1. The summed E-state index contributed by atoms with van der Waals surface area (Å²) in [6.07, 6.45) is 0. The minimum absolute atomic E-state index is 0.807. The molecule has 0 atom stereocenters. The topological polar surface area (TPSA) is 29.5 Å². The molecule has 12 aromatic rings. The Morgan fingerprint density at radius 1 is 0.271 bits per heavy atom. The molecule has 0 amide bonds. The molecule has 0 aliphatic rings. The van der Waals surface area contributed by atoms with Crippen molar-refractivity contribution >= 4 is 82.5 Å².